The van der Waals surface area contributed by atoms with Crippen LogP contribution in [0.2, 0.25) is 0 Å². The third-order valence-electron chi connectivity index (χ3n) is 3.19. The van der Waals surface area contributed by atoms with Gasteiger partial charge in [-0.15, -0.1) is 0 Å². The molecule has 0 heterocycles. The smallest absolute Gasteiger partial charge is 0.312 e. The summed E-state index contributed by atoms with van der Waals surface area (Å²) < 4.78 is 5.27. The van der Waals surface area contributed by atoms with Crippen LogP contribution in [0.25, 0.3) is 0 Å². The average molecular weight is 186 g/mol. The summed E-state index contributed by atoms with van der Waals surface area (Å²) in [6.45, 7) is 4.89. The van der Waals surface area contributed by atoms with E-state index in [1.807, 2.05) is 13.8 Å². The molecule has 0 aromatic carbocycles. The van der Waals surface area contributed by atoms with Crippen LogP contribution >= 0.6 is 0 Å². The Balaban J connectivity index is 2.68. The molecule has 1 aliphatic carbocycles. The zero-order valence-electron chi connectivity index (χ0n) is 8.38. The van der Waals surface area contributed by atoms with Crippen molar-refractivity contribution in [3.8, 4) is 0 Å². The lowest BCUT2D eigenvalue weighted by Gasteiger charge is -2.28. The molecule has 0 aromatic rings. The Morgan fingerprint density at radius 1 is 1.69 bits per heavy atom. The maximum atomic E-state index is 11.2. The summed E-state index contributed by atoms with van der Waals surface area (Å²) in [7, 11) is 0. The molecule has 2 atom stereocenters. The van der Waals surface area contributed by atoms with Gasteiger partial charge in [-0.3, -0.25) is 4.79 Å². The molecule has 1 aliphatic rings. The van der Waals surface area contributed by atoms with Crippen molar-refractivity contribution in [1.29, 1.82) is 0 Å². The van der Waals surface area contributed by atoms with Crippen LogP contribution in [0.3, 0.4) is 0 Å². The van der Waals surface area contributed by atoms with E-state index in [2.05, 4.69) is 0 Å². The molecule has 3 nitrogen and oxygen atoms in total. The minimum Gasteiger partial charge on any atom is -0.481 e. The second kappa shape index (κ2) is 4.09. The van der Waals surface area contributed by atoms with Crippen LogP contribution in [0.15, 0.2) is 0 Å². The fraction of sp³-hybridized carbons (Fsp3) is 0.900. The Labute approximate surface area is 79.1 Å². The minimum atomic E-state index is -0.689. The van der Waals surface area contributed by atoms with Crippen molar-refractivity contribution < 1.29 is 14.6 Å². The number of hydrogen-bond acceptors (Lipinski definition) is 2. The predicted octanol–water partition coefficient (Wildman–Crippen LogP) is 1.91. The van der Waals surface area contributed by atoms with Crippen molar-refractivity contribution in [3.05, 3.63) is 0 Å². The fourth-order valence-electron chi connectivity index (χ4n) is 2.12. The third kappa shape index (κ3) is 1.85. The first-order chi connectivity index (χ1) is 6.13. The van der Waals surface area contributed by atoms with Crippen LogP contribution in [-0.4, -0.2) is 24.3 Å². The first kappa shape index (κ1) is 10.5. The number of aliphatic carboxylic acids is 1. The highest BCUT2D eigenvalue weighted by Crippen LogP contribution is 2.43. The zero-order valence-corrected chi connectivity index (χ0v) is 8.38. The SMILES string of the molecule is CCOCC1(C(=O)O)CCCC1C. The minimum absolute atomic E-state index is 0.247. The number of carboxylic acids is 1. The Morgan fingerprint density at radius 3 is 2.77 bits per heavy atom. The van der Waals surface area contributed by atoms with Gasteiger partial charge in [-0.25, -0.2) is 0 Å². The van der Waals surface area contributed by atoms with Gasteiger partial charge < -0.3 is 9.84 Å². The standard InChI is InChI=1S/C10H18O3/c1-3-13-7-10(9(11)12)6-4-5-8(10)2/h8H,3-7H2,1-2H3,(H,11,12). The quantitative estimate of drug-likeness (QED) is 0.729. The Hall–Kier alpha value is -0.570. The number of hydrogen-bond donors (Lipinski definition) is 1. The van der Waals surface area contributed by atoms with E-state index in [0.717, 1.165) is 19.3 Å². The van der Waals surface area contributed by atoms with E-state index in [-0.39, 0.29) is 5.92 Å². The highest BCUT2D eigenvalue weighted by atomic mass is 16.5. The van der Waals surface area contributed by atoms with Gasteiger partial charge in [0.1, 0.15) is 0 Å². The zero-order chi connectivity index (χ0) is 9.90. The monoisotopic (exact) mass is 186 g/mol. The average Bonchev–Trinajstić information content (AvgIpc) is 2.45. The number of rotatable bonds is 4. The van der Waals surface area contributed by atoms with Gasteiger partial charge in [0, 0.05) is 6.61 Å². The molecule has 0 aromatic heterocycles. The highest BCUT2D eigenvalue weighted by molar-refractivity contribution is 5.75. The van der Waals surface area contributed by atoms with Gasteiger partial charge in [-0.2, -0.15) is 0 Å². The summed E-state index contributed by atoms with van der Waals surface area (Å²) in [5.74, 6) is -0.442. The number of ether oxygens (including phenoxy) is 1. The predicted molar refractivity (Wildman–Crippen MR) is 49.6 cm³/mol. The van der Waals surface area contributed by atoms with Gasteiger partial charge >= 0.3 is 5.97 Å². The number of carbonyl (C=O) groups is 1. The molecule has 0 saturated heterocycles. The van der Waals surface area contributed by atoms with E-state index in [0.29, 0.717) is 13.2 Å². The lowest BCUT2D eigenvalue weighted by atomic mass is 9.79. The fourth-order valence-corrected chi connectivity index (χ4v) is 2.12. The van der Waals surface area contributed by atoms with Crippen molar-refractivity contribution in [3.63, 3.8) is 0 Å². The molecule has 0 radical (unpaired) electrons. The van der Waals surface area contributed by atoms with Crippen LogP contribution in [0.5, 0.6) is 0 Å². The summed E-state index contributed by atoms with van der Waals surface area (Å²) in [4.78, 5) is 11.2. The molecule has 13 heavy (non-hydrogen) atoms. The first-order valence-corrected chi connectivity index (χ1v) is 4.94. The van der Waals surface area contributed by atoms with Crippen molar-refractivity contribution >= 4 is 5.97 Å². The van der Waals surface area contributed by atoms with Crippen LogP contribution in [0.1, 0.15) is 33.1 Å². The van der Waals surface area contributed by atoms with Crippen molar-refractivity contribution in [2.24, 2.45) is 11.3 Å². The molecule has 0 amide bonds. The van der Waals surface area contributed by atoms with E-state index in [9.17, 15) is 9.90 Å². The van der Waals surface area contributed by atoms with Gasteiger partial charge in [0.05, 0.1) is 12.0 Å². The first-order valence-electron chi connectivity index (χ1n) is 4.94. The van der Waals surface area contributed by atoms with E-state index in [4.69, 9.17) is 4.74 Å². The Morgan fingerprint density at radius 2 is 2.38 bits per heavy atom. The van der Waals surface area contributed by atoms with Gasteiger partial charge in [0.2, 0.25) is 0 Å². The summed E-state index contributed by atoms with van der Waals surface area (Å²) in [5, 5.41) is 9.18. The van der Waals surface area contributed by atoms with Crippen LogP contribution in [-0.2, 0) is 9.53 Å². The maximum absolute atomic E-state index is 11.2. The number of carboxylic acid groups (broad SMARTS) is 1. The van der Waals surface area contributed by atoms with E-state index < -0.39 is 11.4 Å². The topological polar surface area (TPSA) is 46.5 Å². The van der Waals surface area contributed by atoms with E-state index in [1.165, 1.54) is 0 Å². The lowest BCUT2D eigenvalue weighted by Crippen LogP contribution is -2.38. The molecule has 0 aliphatic heterocycles. The second-order valence-corrected chi connectivity index (χ2v) is 3.89. The maximum Gasteiger partial charge on any atom is 0.312 e. The lowest BCUT2D eigenvalue weighted by molar-refractivity contribution is -0.155. The summed E-state index contributed by atoms with van der Waals surface area (Å²) >= 11 is 0. The summed E-state index contributed by atoms with van der Waals surface area (Å²) in [6, 6.07) is 0. The highest BCUT2D eigenvalue weighted by Gasteiger charge is 2.47. The molecule has 2 unspecified atom stereocenters. The van der Waals surface area contributed by atoms with E-state index in [1.54, 1.807) is 0 Å². The summed E-state index contributed by atoms with van der Waals surface area (Å²) in [5.41, 5.74) is -0.601. The van der Waals surface area contributed by atoms with Gasteiger partial charge in [-0.1, -0.05) is 13.3 Å². The van der Waals surface area contributed by atoms with Crippen LogP contribution < -0.4 is 0 Å². The van der Waals surface area contributed by atoms with Crippen molar-refractivity contribution in [2.75, 3.05) is 13.2 Å². The van der Waals surface area contributed by atoms with E-state index >= 15 is 0 Å². The molecule has 1 rings (SSSR count). The molecule has 0 spiro atoms. The van der Waals surface area contributed by atoms with Gasteiger partial charge in [-0.05, 0) is 25.7 Å². The Kier molecular flexibility index (Phi) is 3.31. The Bertz CT molecular complexity index is 191. The molecule has 1 saturated carbocycles. The molecule has 3 heteroatoms. The molecule has 0 bridgehead atoms. The summed E-state index contributed by atoms with van der Waals surface area (Å²) in [6.07, 6.45) is 2.80. The normalized spacial score (nSPS) is 33.5. The molecular weight excluding hydrogens is 168 g/mol. The third-order valence-corrected chi connectivity index (χ3v) is 3.19. The van der Waals surface area contributed by atoms with Gasteiger partial charge in [0.15, 0.2) is 0 Å². The van der Waals surface area contributed by atoms with Crippen molar-refractivity contribution in [1.82, 2.24) is 0 Å². The molecule has 1 N–H and O–H groups in total. The molecular formula is C10H18O3. The van der Waals surface area contributed by atoms with Crippen LogP contribution in [0, 0.1) is 11.3 Å². The second-order valence-electron chi connectivity index (χ2n) is 3.89. The molecule has 1 fully saturated rings. The molecule has 76 valence electrons. The van der Waals surface area contributed by atoms with Gasteiger partial charge in [0.25, 0.3) is 0 Å². The largest absolute Gasteiger partial charge is 0.481 e. The van der Waals surface area contributed by atoms with Crippen molar-refractivity contribution in [2.45, 2.75) is 33.1 Å². The van der Waals surface area contributed by atoms with Crippen LogP contribution in [0.4, 0.5) is 0 Å².